The number of hydrogen-bond donors (Lipinski definition) is 0. The van der Waals surface area contributed by atoms with Gasteiger partial charge in [0.25, 0.3) is 5.69 Å². The molecule has 0 aliphatic carbocycles. The van der Waals surface area contributed by atoms with Crippen molar-refractivity contribution in [1.29, 1.82) is 0 Å². The molecule has 100 valence electrons. The van der Waals surface area contributed by atoms with Crippen LogP contribution in [-0.2, 0) is 6.42 Å². The van der Waals surface area contributed by atoms with Crippen LogP contribution in [-0.4, -0.2) is 4.92 Å². The van der Waals surface area contributed by atoms with E-state index in [9.17, 15) is 10.1 Å². The van der Waals surface area contributed by atoms with Gasteiger partial charge in [-0.15, -0.1) is 11.3 Å². The van der Waals surface area contributed by atoms with Gasteiger partial charge in [-0.25, -0.2) is 0 Å². The van der Waals surface area contributed by atoms with E-state index in [1.807, 2.05) is 0 Å². The second-order valence-electron chi connectivity index (χ2n) is 3.84. The fourth-order valence-electron chi connectivity index (χ4n) is 1.73. The molecule has 0 radical (unpaired) electrons. The Kier molecular flexibility index (Phi) is 4.84. The van der Waals surface area contributed by atoms with Gasteiger partial charge in [0.2, 0.25) is 0 Å². The van der Waals surface area contributed by atoms with E-state index in [-0.39, 0.29) is 15.4 Å². The zero-order valence-electron chi connectivity index (χ0n) is 9.48. The number of nitrogens with zero attached hydrogens (tertiary/aromatic N) is 1. The van der Waals surface area contributed by atoms with Gasteiger partial charge in [-0.05, 0) is 18.1 Å². The molecule has 0 fully saturated rings. The maximum absolute atomic E-state index is 11.0. The number of nitro benzene ring substituents is 1. The second-order valence-corrected chi connectivity index (χ2v) is 7.23. The molecule has 0 aliphatic heterocycles. The molecular weight excluding hydrogens is 373 g/mol. The maximum Gasteiger partial charge on any atom is 0.272 e. The molecule has 2 aromatic rings. The van der Waals surface area contributed by atoms with Crippen LogP contribution in [0.4, 0.5) is 5.69 Å². The van der Waals surface area contributed by atoms with Gasteiger partial charge in [-0.1, -0.05) is 57.3 Å². The van der Waals surface area contributed by atoms with E-state index in [4.69, 9.17) is 23.2 Å². The predicted octanol–water partition coefficient (Wildman–Crippen LogP) is 5.64. The molecule has 3 nitrogen and oxygen atoms in total. The van der Waals surface area contributed by atoms with Gasteiger partial charge in [0.15, 0.2) is 0 Å². The van der Waals surface area contributed by atoms with Gasteiger partial charge >= 0.3 is 0 Å². The van der Waals surface area contributed by atoms with Crippen LogP contribution in [0.2, 0.25) is 8.67 Å². The highest BCUT2D eigenvalue weighted by molar-refractivity contribution is 9.09. The van der Waals surface area contributed by atoms with E-state index in [1.165, 1.54) is 17.4 Å². The third-order valence-corrected chi connectivity index (χ3v) is 4.94. The molecule has 19 heavy (non-hydrogen) atoms. The highest BCUT2D eigenvalue weighted by Gasteiger charge is 2.20. The van der Waals surface area contributed by atoms with Crippen molar-refractivity contribution in [1.82, 2.24) is 0 Å². The summed E-state index contributed by atoms with van der Waals surface area (Å²) in [7, 11) is 0. The Morgan fingerprint density at radius 2 is 2.05 bits per heavy atom. The van der Waals surface area contributed by atoms with E-state index in [0.717, 1.165) is 5.56 Å². The Hall–Kier alpha value is -0.620. The van der Waals surface area contributed by atoms with Crippen LogP contribution in [0.1, 0.15) is 16.0 Å². The molecule has 0 N–H and O–H groups in total. The van der Waals surface area contributed by atoms with E-state index >= 15 is 0 Å². The molecule has 0 saturated carbocycles. The van der Waals surface area contributed by atoms with Crippen LogP contribution in [0.25, 0.3) is 0 Å². The fourth-order valence-corrected chi connectivity index (χ4v) is 4.30. The van der Waals surface area contributed by atoms with Crippen molar-refractivity contribution in [2.45, 2.75) is 11.2 Å². The summed E-state index contributed by atoms with van der Waals surface area (Å²) in [4.78, 5) is 10.5. The van der Waals surface area contributed by atoms with Gasteiger partial charge < -0.3 is 0 Å². The lowest BCUT2D eigenvalue weighted by molar-refractivity contribution is -0.385. The van der Waals surface area contributed by atoms with Crippen molar-refractivity contribution < 1.29 is 4.92 Å². The molecule has 0 amide bonds. The lowest BCUT2D eigenvalue weighted by Crippen LogP contribution is -1.99. The van der Waals surface area contributed by atoms with Crippen LogP contribution in [0.3, 0.4) is 0 Å². The van der Waals surface area contributed by atoms with Crippen molar-refractivity contribution in [3.63, 3.8) is 0 Å². The van der Waals surface area contributed by atoms with E-state index in [2.05, 4.69) is 15.9 Å². The summed E-state index contributed by atoms with van der Waals surface area (Å²) in [6.45, 7) is 0. The summed E-state index contributed by atoms with van der Waals surface area (Å²) in [5, 5.41) is 11.0. The minimum atomic E-state index is -0.378. The number of alkyl halides is 1. The van der Waals surface area contributed by atoms with Gasteiger partial charge in [-0.2, -0.15) is 0 Å². The Morgan fingerprint density at radius 3 is 2.63 bits per heavy atom. The number of thiophene rings is 1. The highest BCUT2D eigenvalue weighted by Crippen LogP contribution is 2.40. The fraction of sp³-hybridized carbons (Fsp3) is 0.167. The third kappa shape index (κ3) is 3.48. The number of hydrogen-bond acceptors (Lipinski definition) is 3. The largest absolute Gasteiger partial charge is 0.272 e. The summed E-state index contributed by atoms with van der Waals surface area (Å²) in [6, 6.07) is 8.46. The summed E-state index contributed by atoms with van der Waals surface area (Å²) in [5.41, 5.74) is 1.63. The predicted molar refractivity (Wildman–Crippen MR) is 82.8 cm³/mol. The average molecular weight is 381 g/mol. The van der Waals surface area contributed by atoms with Crippen LogP contribution < -0.4 is 0 Å². The quantitative estimate of drug-likeness (QED) is 0.391. The first-order valence-corrected chi connectivity index (χ1v) is 7.79. The topological polar surface area (TPSA) is 43.1 Å². The molecule has 1 unspecified atom stereocenters. The first-order chi connectivity index (χ1) is 8.99. The number of rotatable bonds is 4. The molecule has 1 aromatic carbocycles. The van der Waals surface area contributed by atoms with E-state index in [1.54, 1.807) is 24.3 Å². The third-order valence-electron chi connectivity index (χ3n) is 2.61. The minimum Gasteiger partial charge on any atom is -0.258 e. The molecule has 0 saturated heterocycles. The zero-order valence-corrected chi connectivity index (χ0v) is 13.4. The first kappa shape index (κ1) is 14.8. The highest BCUT2D eigenvalue weighted by atomic mass is 79.9. The molecule has 1 aromatic heterocycles. The van der Waals surface area contributed by atoms with Crippen molar-refractivity contribution in [3.05, 3.63) is 60.2 Å². The summed E-state index contributed by atoms with van der Waals surface area (Å²) in [6.07, 6.45) is 0.476. The Morgan fingerprint density at radius 1 is 1.37 bits per heavy atom. The molecule has 1 atom stereocenters. The Balaban J connectivity index is 2.26. The summed E-state index contributed by atoms with van der Waals surface area (Å²) >= 11 is 16.8. The molecule has 7 heteroatoms. The molecule has 0 spiro atoms. The smallest absolute Gasteiger partial charge is 0.258 e. The second kappa shape index (κ2) is 6.22. The summed E-state index contributed by atoms with van der Waals surface area (Å²) < 4.78 is 1.21. The van der Waals surface area contributed by atoms with E-state index < -0.39 is 0 Å². The van der Waals surface area contributed by atoms with Crippen LogP contribution in [0.5, 0.6) is 0 Å². The number of benzene rings is 1. The van der Waals surface area contributed by atoms with Crippen LogP contribution >= 0.6 is 50.5 Å². The van der Waals surface area contributed by atoms with Gasteiger partial charge in [0, 0.05) is 16.5 Å². The minimum absolute atomic E-state index is 0.107. The lowest BCUT2D eigenvalue weighted by atomic mass is 10.0. The van der Waals surface area contributed by atoms with Crippen molar-refractivity contribution in [2.24, 2.45) is 0 Å². The summed E-state index contributed by atoms with van der Waals surface area (Å²) in [5.74, 6) is 0. The van der Waals surface area contributed by atoms with Crippen LogP contribution in [0.15, 0.2) is 30.3 Å². The average Bonchev–Trinajstić information content (AvgIpc) is 2.69. The SMILES string of the molecule is O=[N+]([O-])c1ccccc1CC(Br)c1cc(Cl)sc1Cl. The maximum atomic E-state index is 11.0. The van der Waals surface area contributed by atoms with Crippen molar-refractivity contribution in [2.75, 3.05) is 0 Å². The van der Waals surface area contributed by atoms with Crippen molar-refractivity contribution >= 4 is 56.2 Å². The Labute approximate surface area is 132 Å². The standard InChI is InChI=1S/C12H8BrCl2NO2S/c13-9(8-6-11(14)19-12(8)15)5-7-3-1-2-4-10(7)16(17)18/h1-4,6,9H,5H2. The first-order valence-electron chi connectivity index (χ1n) is 5.30. The normalized spacial score (nSPS) is 12.4. The monoisotopic (exact) mass is 379 g/mol. The number of nitro groups is 1. The number of para-hydroxylation sites is 1. The molecule has 2 rings (SSSR count). The zero-order chi connectivity index (χ0) is 14.0. The van der Waals surface area contributed by atoms with Gasteiger partial charge in [-0.3, -0.25) is 10.1 Å². The van der Waals surface area contributed by atoms with Gasteiger partial charge in [0.1, 0.15) is 0 Å². The van der Waals surface area contributed by atoms with Crippen molar-refractivity contribution in [3.8, 4) is 0 Å². The molecule has 0 bridgehead atoms. The van der Waals surface area contributed by atoms with E-state index in [0.29, 0.717) is 20.7 Å². The lowest BCUT2D eigenvalue weighted by Gasteiger charge is -2.09. The number of halogens is 3. The van der Waals surface area contributed by atoms with Gasteiger partial charge in [0.05, 0.1) is 13.6 Å². The Bertz CT molecular complexity index is 618. The van der Waals surface area contributed by atoms with Crippen LogP contribution in [0, 0.1) is 10.1 Å². The molecule has 0 aliphatic rings. The molecular formula is C12H8BrCl2NO2S. The molecule has 1 heterocycles.